The van der Waals surface area contributed by atoms with Crippen molar-refractivity contribution < 1.29 is 0 Å². The molecule has 0 N–H and O–H groups in total. The normalized spacial score (nSPS) is 14.1. The van der Waals surface area contributed by atoms with Gasteiger partial charge in [-0.3, -0.25) is 0 Å². The molecule has 0 amide bonds. The van der Waals surface area contributed by atoms with Crippen LogP contribution in [0.1, 0.15) is 73.1 Å². The highest BCUT2D eigenvalue weighted by molar-refractivity contribution is 5.05. The van der Waals surface area contributed by atoms with Gasteiger partial charge in [-0.1, -0.05) is 47.9 Å². The highest BCUT2D eigenvalue weighted by Gasteiger charge is 1.95. The van der Waals surface area contributed by atoms with E-state index in [1.807, 2.05) is 6.08 Å². The van der Waals surface area contributed by atoms with Gasteiger partial charge in [-0.25, -0.2) is 0 Å². The second-order valence-corrected chi connectivity index (χ2v) is 6.25. The van der Waals surface area contributed by atoms with Gasteiger partial charge in [0.15, 0.2) is 0 Å². The minimum Gasteiger partial charge on any atom is -0.103 e. The van der Waals surface area contributed by atoms with Gasteiger partial charge in [0.25, 0.3) is 0 Å². The number of allylic oxidation sites excluding steroid dienone is 7. The van der Waals surface area contributed by atoms with Gasteiger partial charge in [0.05, 0.1) is 0 Å². The zero-order chi connectivity index (χ0) is 15.4. The number of hydrogen-bond acceptors (Lipinski definition) is 0. The highest BCUT2D eigenvalue weighted by atomic mass is 14.0. The summed E-state index contributed by atoms with van der Waals surface area (Å²) in [7, 11) is 0. The lowest BCUT2D eigenvalue weighted by Crippen LogP contribution is -1.87. The third-order valence-corrected chi connectivity index (χ3v) is 3.64. The first-order valence-corrected chi connectivity index (χ1v) is 8.03. The zero-order valence-corrected chi connectivity index (χ0v) is 14.3. The maximum atomic E-state index is 3.83. The van der Waals surface area contributed by atoms with Crippen molar-refractivity contribution in [2.24, 2.45) is 5.92 Å². The largest absolute Gasteiger partial charge is 0.103 e. The van der Waals surface area contributed by atoms with E-state index in [1.54, 1.807) is 0 Å². The van der Waals surface area contributed by atoms with Crippen molar-refractivity contribution in [2.75, 3.05) is 0 Å². The Bertz CT molecular complexity index is 348. The summed E-state index contributed by atoms with van der Waals surface area (Å²) < 4.78 is 0. The van der Waals surface area contributed by atoms with Crippen LogP contribution in [0.15, 0.2) is 47.6 Å². The summed E-state index contributed by atoms with van der Waals surface area (Å²) in [6, 6.07) is 0. The second kappa shape index (κ2) is 11.8. The van der Waals surface area contributed by atoms with Gasteiger partial charge < -0.3 is 0 Å². The fraction of sp³-hybridized carbons (Fsp3) is 0.600. The Labute approximate surface area is 127 Å². The van der Waals surface area contributed by atoms with Gasteiger partial charge in [0, 0.05) is 0 Å². The standard InChI is InChI=1S/C20H34/c1-7-18(4)12-9-14-20(6)16-10-15-19(5)13-8-11-17(2)3/h7,11,14-15,18H,1,8-10,12-13,16H2,2-6H3. The molecule has 20 heavy (non-hydrogen) atoms. The SMILES string of the molecule is C=CC(C)CCC=C(C)CCC=C(C)CCC=C(C)C. The lowest BCUT2D eigenvalue weighted by atomic mass is 10.0. The van der Waals surface area contributed by atoms with Gasteiger partial charge in [-0.2, -0.15) is 0 Å². The monoisotopic (exact) mass is 274 g/mol. The van der Waals surface area contributed by atoms with Crippen LogP contribution < -0.4 is 0 Å². The minimum absolute atomic E-state index is 0.635. The maximum absolute atomic E-state index is 3.83. The molecule has 0 fully saturated rings. The minimum atomic E-state index is 0.635. The Morgan fingerprint density at radius 2 is 1.35 bits per heavy atom. The van der Waals surface area contributed by atoms with Crippen molar-refractivity contribution in [2.45, 2.75) is 73.1 Å². The third-order valence-electron chi connectivity index (χ3n) is 3.64. The quantitative estimate of drug-likeness (QED) is 0.376. The summed E-state index contributed by atoms with van der Waals surface area (Å²) >= 11 is 0. The van der Waals surface area contributed by atoms with Crippen LogP contribution in [-0.4, -0.2) is 0 Å². The Hall–Kier alpha value is -1.04. The third kappa shape index (κ3) is 12.0. The molecule has 0 saturated carbocycles. The van der Waals surface area contributed by atoms with Crippen molar-refractivity contribution in [3.05, 3.63) is 47.6 Å². The van der Waals surface area contributed by atoms with Crippen LogP contribution in [-0.2, 0) is 0 Å². The van der Waals surface area contributed by atoms with E-state index in [9.17, 15) is 0 Å². The Morgan fingerprint density at radius 3 is 1.85 bits per heavy atom. The van der Waals surface area contributed by atoms with E-state index < -0.39 is 0 Å². The Kier molecular flexibility index (Phi) is 11.1. The van der Waals surface area contributed by atoms with Crippen molar-refractivity contribution in [3.63, 3.8) is 0 Å². The molecular weight excluding hydrogens is 240 g/mol. The van der Waals surface area contributed by atoms with E-state index in [4.69, 9.17) is 0 Å². The molecule has 0 aromatic rings. The fourth-order valence-electron chi connectivity index (χ4n) is 2.05. The molecule has 0 aromatic carbocycles. The molecule has 0 aromatic heterocycles. The van der Waals surface area contributed by atoms with Gasteiger partial charge >= 0.3 is 0 Å². The topological polar surface area (TPSA) is 0 Å². The van der Waals surface area contributed by atoms with Crippen molar-refractivity contribution in [1.29, 1.82) is 0 Å². The van der Waals surface area contributed by atoms with E-state index in [0.29, 0.717) is 5.92 Å². The lowest BCUT2D eigenvalue weighted by molar-refractivity contribution is 0.656. The molecule has 0 radical (unpaired) electrons. The van der Waals surface area contributed by atoms with E-state index in [1.165, 1.54) is 55.2 Å². The van der Waals surface area contributed by atoms with Crippen LogP contribution in [0.25, 0.3) is 0 Å². The van der Waals surface area contributed by atoms with Crippen molar-refractivity contribution >= 4 is 0 Å². The predicted octanol–water partition coefficient (Wildman–Crippen LogP) is 7.01. The molecule has 0 saturated heterocycles. The smallest absolute Gasteiger partial charge is 0.0262 e. The summed E-state index contributed by atoms with van der Waals surface area (Å²) in [6.45, 7) is 14.9. The molecule has 0 spiro atoms. The molecular formula is C20H34. The average Bonchev–Trinajstić information content (AvgIpc) is 2.38. The van der Waals surface area contributed by atoms with Crippen LogP contribution in [0.3, 0.4) is 0 Å². The second-order valence-electron chi connectivity index (χ2n) is 6.25. The molecule has 0 heteroatoms. The van der Waals surface area contributed by atoms with Gasteiger partial charge in [0.1, 0.15) is 0 Å². The molecule has 0 aliphatic rings. The molecule has 0 bridgehead atoms. The van der Waals surface area contributed by atoms with Crippen LogP contribution >= 0.6 is 0 Å². The highest BCUT2D eigenvalue weighted by Crippen LogP contribution is 2.13. The molecule has 0 nitrogen and oxygen atoms in total. The summed E-state index contributed by atoms with van der Waals surface area (Å²) in [4.78, 5) is 0. The molecule has 0 heterocycles. The van der Waals surface area contributed by atoms with Crippen LogP contribution in [0.5, 0.6) is 0 Å². The molecule has 1 atom stereocenters. The fourth-order valence-corrected chi connectivity index (χ4v) is 2.05. The molecule has 0 aliphatic carbocycles. The van der Waals surface area contributed by atoms with Crippen LogP contribution in [0.4, 0.5) is 0 Å². The van der Waals surface area contributed by atoms with Crippen LogP contribution in [0, 0.1) is 5.92 Å². The van der Waals surface area contributed by atoms with E-state index in [0.717, 1.165) is 0 Å². The average molecular weight is 274 g/mol. The summed E-state index contributed by atoms with van der Waals surface area (Å²) in [5.74, 6) is 0.635. The van der Waals surface area contributed by atoms with Crippen LogP contribution in [0.2, 0.25) is 0 Å². The predicted molar refractivity (Wildman–Crippen MR) is 94.0 cm³/mol. The Balaban J connectivity index is 3.88. The first kappa shape index (κ1) is 19.0. The Morgan fingerprint density at radius 1 is 0.850 bits per heavy atom. The molecule has 1 unspecified atom stereocenters. The van der Waals surface area contributed by atoms with Crippen molar-refractivity contribution in [3.8, 4) is 0 Å². The van der Waals surface area contributed by atoms with E-state index >= 15 is 0 Å². The number of hydrogen-bond donors (Lipinski definition) is 0. The van der Waals surface area contributed by atoms with Gasteiger partial charge in [-0.05, 0) is 72.1 Å². The lowest BCUT2D eigenvalue weighted by Gasteiger charge is -2.04. The zero-order valence-electron chi connectivity index (χ0n) is 14.3. The van der Waals surface area contributed by atoms with E-state index in [2.05, 4.69) is 59.4 Å². The van der Waals surface area contributed by atoms with Gasteiger partial charge in [0.2, 0.25) is 0 Å². The molecule has 114 valence electrons. The van der Waals surface area contributed by atoms with Gasteiger partial charge in [-0.15, -0.1) is 6.58 Å². The first-order valence-electron chi connectivity index (χ1n) is 8.03. The van der Waals surface area contributed by atoms with Crippen molar-refractivity contribution in [1.82, 2.24) is 0 Å². The molecule has 0 rings (SSSR count). The number of rotatable bonds is 10. The summed E-state index contributed by atoms with van der Waals surface area (Å²) in [5.41, 5.74) is 4.47. The van der Waals surface area contributed by atoms with E-state index in [-0.39, 0.29) is 0 Å². The molecule has 0 aliphatic heterocycles. The first-order chi connectivity index (χ1) is 9.45. The summed E-state index contributed by atoms with van der Waals surface area (Å²) in [5, 5.41) is 0. The maximum Gasteiger partial charge on any atom is -0.0262 e. The summed E-state index contributed by atoms with van der Waals surface area (Å²) in [6.07, 6.45) is 16.3.